The van der Waals surface area contributed by atoms with Crippen LogP contribution in [0.5, 0.6) is 0 Å². The highest BCUT2D eigenvalue weighted by atomic mass is 32.2. The van der Waals surface area contributed by atoms with Crippen LogP contribution in [-0.4, -0.2) is 55.3 Å². The van der Waals surface area contributed by atoms with Crippen LogP contribution in [0.25, 0.3) is 22.0 Å². The Hall–Kier alpha value is -4.87. The molecule has 1 amide bonds. The molecule has 224 valence electrons. The molecule has 0 radical (unpaired) electrons. The van der Waals surface area contributed by atoms with E-state index in [9.17, 15) is 22.0 Å². The van der Waals surface area contributed by atoms with Gasteiger partial charge in [0.15, 0.2) is 0 Å². The van der Waals surface area contributed by atoms with E-state index >= 15 is 0 Å². The first-order valence-corrected chi connectivity index (χ1v) is 15.5. The van der Waals surface area contributed by atoms with Crippen molar-refractivity contribution in [3.63, 3.8) is 0 Å². The van der Waals surface area contributed by atoms with Crippen LogP contribution < -0.4 is 10.5 Å². The highest BCUT2D eigenvalue weighted by molar-refractivity contribution is 7.92. The number of anilines is 2. The van der Waals surface area contributed by atoms with Gasteiger partial charge >= 0.3 is 0 Å². The standard InChI is InChI=1S/C33H29F2N5O3S/c34-25-17-22(18-26(35)19-25)21-39-13-15-40(16-14-39)33(41)24-6-9-28(10-7-24)38-44(42,43)31-11-8-27(36)20-30(31)29-5-1-3-23-4-2-12-37-32(23)29/h1-12,17-20,38H,13-16,21,36H2. The monoisotopic (exact) mass is 613 g/mol. The first-order valence-electron chi connectivity index (χ1n) is 14.0. The topological polar surface area (TPSA) is 109 Å². The molecule has 0 unspecified atom stereocenters. The largest absolute Gasteiger partial charge is 0.399 e. The molecule has 0 atom stereocenters. The van der Waals surface area contributed by atoms with Crippen LogP contribution in [0.4, 0.5) is 20.2 Å². The van der Waals surface area contributed by atoms with Gasteiger partial charge in [0.05, 0.1) is 10.4 Å². The van der Waals surface area contributed by atoms with E-state index in [1.807, 2.05) is 35.2 Å². The van der Waals surface area contributed by atoms with Crippen molar-refractivity contribution >= 4 is 38.2 Å². The van der Waals surface area contributed by atoms with Crippen molar-refractivity contribution < 1.29 is 22.0 Å². The summed E-state index contributed by atoms with van der Waals surface area (Å²) in [6.45, 7) is 2.40. The highest BCUT2D eigenvalue weighted by Gasteiger charge is 2.24. The summed E-state index contributed by atoms with van der Waals surface area (Å²) in [5.74, 6) is -1.41. The van der Waals surface area contributed by atoms with E-state index in [0.717, 1.165) is 11.5 Å². The number of fused-ring (bicyclic) bond motifs is 1. The summed E-state index contributed by atoms with van der Waals surface area (Å²) in [4.78, 5) is 21.4. The maximum absolute atomic E-state index is 13.6. The molecule has 3 N–H and O–H groups in total. The number of carbonyl (C=O) groups excluding carboxylic acids is 1. The van der Waals surface area contributed by atoms with Crippen LogP contribution in [0.3, 0.4) is 0 Å². The number of sulfonamides is 1. The number of para-hydroxylation sites is 1. The number of hydrogen-bond acceptors (Lipinski definition) is 6. The minimum Gasteiger partial charge on any atom is -0.399 e. The van der Waals surface area contributed by atoms with Gasteiger partial charge in [-0.1, -0.05) is 24.3 Å². The molecule has 4 aromatic carbocycles. The van der Waals surface area contributed by atoms with Crippen LogP contribution in [0.2, 0.25) is 0 Å². The smallest absolute Gasteiger partial charge is 0.262 e. The second kappa shape index (κ2) is 12.0. The number of halogens is 2. The Labute approximate surface area is 253 Å². The summed E-state index contributed by atoms with van der Waals surface area (Å²) in [6.07, 6.45) is 1.66. The molecule has 0 saturated carbocycles. The molecule has 1 aromatic heterocycles. The van der Waals surface area contributed by atoms with E-state index in [0.29, 0.717) is 71.9 Å². The Morgan fingerprint density at radius 2 is 1.55 bits per heavy atom. The summed E-state index contributed by atoms with van der Waals surface area (Å²) in [7, 11) is -4.05. The molecular weight excluding hydrogens is 584 g/mol. The van der Waals surface area contributed by atoms with Crippen molar-refractivity contribution in [3.05, 3.63) is 120 Å². The van der Waals surface area contributed by atoms with Gasteiger partial charge in [0.2, 0.25) is 0 Å². The number of nitrogens with two attached hydrogens (primary N) is 1. The number of carbonyl (C=O) groups is 1. The van der Waals surface area contributed by atoms with Crippen LogP contribution in [0, 0.1) is 11.6 Å². The predicted octanol–water partition coefficient (Wildman–Crippen LogP) is 5.52. The molecule has 0 spiro atoms. The number of nitrogens with one attached hydrogen (secondary N) is 1. The fraction of sp³-hybridized carbons (Fsp3) is 0.152. The Balaban J connectivity index is 1.15. The SMILES string of the molecule is Nc1ccc(S(=O)(=O)Nc2ccc(C(=O)N3CCN(Cc4cc(F)cc(F)c4)CC3)cc2)c(-c2cccc3cccnc23)c1. The van der Waals surface area contributed by atoms with Crippen molar-refractivity contribution in [1.29, 1.82) is 0 Å². The molecule has 2 heterocycles. The lowest BCUT2D eigenvalue weighted by Crippen LogP contribution is -2.48. The van der Waals surface area contributed by atoms with Crippen molar-refractivity contribution in [2.75, 3.05) is 36.6 Å². The third-order valence-corrected chi connectivity index (χ3v) is 9.03. The van der Waals surface area contributed by atoms with Crippen LogP contribution in [-0.2, 0) is 16.6 Å². The second-order valence-corrected chi connectivity index (χ2v) is 12.3. The lowest BCUT2D eigenvalue weighted by Gasteiger charge is -2.34. The van der Waals surface area contributed by atoms with Crippen molar-refractivity contribution in [2.45, 2.75) is 11.4 Å². The highest BCUT2D eigenvalue weighted by Crippen LogP contribution is 2.34. The number of rotatable bonds is 7. The maximum atomic E-state index is 13.6. The predicted molar refractivity (Wildman–Crippen MR) is 166 cm³/mol. The first kappa shape index (κ1) is 29.2. The van der Waals surface area contributed by atoms with Crippen molar-refractivity contribution in [1.82, 2.24) is 14.8 Å². The van der Waals surface area contributed by atoms with Crippen molar-refractivity contribution in [2.24, 2.45) is 0 Å². The van der Waals surface area contributed by atoms with E-state index in [2.05, 4.69) is 9.71 Å². The third kappa shape index (κ3) is 6.24. The van der Waals surface area contributed by atoms with Gasteiger partial charge < -0.3 is 10.6 Å². The Morgan fingerprint density at radius 3 is 2.27 bits per heavy atom. The average molecular weight is 614 g/mol. The van der Waals surface area contributed by atoms with E-state index < -0.39 is 21.7 Å². The van der Waals surface area contributed by atoms with Gasteiger partial charge in [-0.25, -0.2) is 17.2 Å². The lowest BCUT2D eigenvalue weighted by molar-refractivity contribution is 0.0628. The van der Waals surface area contributed by atoms with Gasteiger partial charge in [0.25, 0.3) is 15.9 Å². The minimum atomic E-state index is -4.05. The quantitative estimate of drug-likeness (QED) is 0.234. The first-order chi connectivity index (χ1) is 21.2. The minimum absolute atomic E-state index is 0.0452. The van der Waals surface area contributed by atoms with E-state index in [4.69, 9.17) is 5.73 Å². The molecule has 1 aliphatic heterocycles. The normalized spacial score (nSPS) is 14.1. The van der Waals surface area contributed by atoms with Gasteiger partial charge in [0, 0.05) is 78.4 Å². The molecule has 11 heteroatoms. The summed E-state index contributed by atoms with van der Waals surface area (Å²) < 4.78 is 56.9. The van der Waals surface area contributed by atoms with Gasteiger partial charge in [-0.3, -0.25) is 19.4 Å². The molecule has 44 heavy (non-hydrogen) atoms. The lowest BCUT2D eigenvalue weighted by atomic mass is 10.0. The number of hydrogen-bond donors (Lipinski definition) is 2. The Bertz CT molecular complexity index is 1940. The number of nitrogens with zero attached hydrogens (tertiary/aromatic N) is 3. The molecule has 0 aliphatic carbocycles. The summed E-state index contributed by atoms with van der Waals surface area (Å²) >= 11 is 0. The number of nitrogen functional groups attached to an aromatic ring is 1. The summed E-state index contributed by atoms with van der Waals surface area (Å²) in [5.41, 5.74) is 9.46. The molecule has 8 nitrogen and oxygen atoms in total. The number of piperazine rings is 1. The molecule has 1 aliphatic rings. The number of aromatic nitrogens is 1. The fourth-order valence-electron chi connectivity index (χ4n) is 5.46. The van der Waals surface area contributed by atoms with E-state index in [1.54, 1.807) is 41.4 Å². The molecular formula is C33H29F2N5O3S. The zero-order valence-electron chi connectivity index (χ0n) is 23.6. The second-order valence-electron chi connectivity index (χ2n) is 10.7. The fourth-order valence-corrected chi connectivity index (χ4v) is 6.72. The van der Waals surface area contributed by atoms with Gasteiger partial charge in [-0.2, -0.15) is 0 Å². The molecule has 5 aromatic rings. The van der Waals surface area contributed by atoms with E-state index in [-0.39, 0.29) is 10.8 Å². The summed E-state index contributed by atoms with van der Waals surface area (Å²) in [6, 6.07) is 23.6. The van der Waals surface area contributed by atoms with Crippen LogP contribution in [0.1, 0.15) is 15.9 Å². The molecule has 6 rings (SSSR count). The van der Waals surface area contributed by atoms with Crippen LogP contribution in [0.15, 0.2) is 102 Å². The molecule has 0 bridgehead atoms. The summed E-state index contributed by atoms with van der Waals surface area (Å²) in [5, 5.41) is 0.868. The number of pyridine rings is 1. The van der Waals surface area contributed by atoms with Gasteiger partial charge in [-0.05, 0) is 66.2 Å². The van der Waals surface area contributed by atoms with E-state index in [1.165, 1.54) is 24.3 Å². The number of amides is 1. The molecule has 1 saturated heterocycles. The zero-order chi connectivity index (χ0) is 30.8. The third-order valence-electron chi connectivity index (χ3n) is 7.59. The Morgan fingerprint density at radius 1 is 0.841 bits per heavy atom. The van der Waals surface area contributed by atoms with Gasteiger partial charge in [0.1, 0.15) is 11.6 Å². The van der Waals surface area contributed by atoms with Crippen LogP contribution >= 0.6 is 0 Å². The Kier molecular flexibility index (Phi) is 7.98. The average Bonchev–Trinajstić information content (AvgIpc) is 3.00. The van der Waals surface area contributed by atoms with Gasteiger partial charge in [-0.15, -0.1) is 0 Å². The zero-order valence-corrected chi connectivity index (χ0v) is 24.4. The van der Waals surface area contributed by atoms with Crippen molar-refractivity contribution in [3.8, 4) is 11.1 Å². The maximum Gasteiger partial charge on any atom is 0.262 e. The molecule has 1 fully saturated rings. The number of benzene rings is 4.